The summed E-state index contributed by atoms with van der Waals surface area (Å²) in [6, 6.07) is 7.99. The van der Waals surface area contributed by atoms with Crippen molar-refractivity contribution in [2.45, 2.75) is 25.2 Å². The highest BCUT2D eigenvalue weighted by molar-refractivity contribution is 8.00. The van der Waals surface area contributed by atoms with Gasteiger partial charge in [0.2, 0.25) is 5.91 Å². The molecule has 1 aromatic carbocycles. The fraction of sp³-hybridized carbons (Fsp3) is 0.429. The van der Waals surface area contributed by atoms with Gasteiger partial charge in [-0.25, -0.2) is 0 Å². The second-order valence-electron chi connectivity index (χ2n) is 4.48. The van der Waals surface area contributed by atoms with Crippen molar-refractivity contribution in [2.75, 3.05) is 12.3 Å². The quantitative estimate of drug-likeness (QED) is 0.753. The zero-order chi connectivity index (χ0) is 14.3. The molecule has 0 heterocycles. The van der Waals surface area contributed by atoms with Crippen LogP contribution in [0.25, 0.3) is 0 Å². The van der Waals surface area contributed by atoms with Gasteiger partial charge in [0.15, 0.2) is 0 Å². The van der Waals surface area contributed by atoms with E-state index in [-0.39, 0.29) is 5.91 Å². The third kappa shape index (κ3) is 6.29. The Kier molecular flexibility index (Phi) is 6.42. The van der Waals surface area contributed by atoms with E-state index >= 15 is 0 Å². The van der Waals surface area contributed by atoms with E-state index in [1.807, 2.05) is 31.2 Å². The minimum absolute atomic E-state index is 0.0665. The van der Waals surface area contributed by atoms with Crippen LogP contribution in [0.2, 0.25) is 0 Å². The highest BCUT2D eigenvalue weighted by Gasteiger charge is 2.10. The topological polar surface area (TPSA) is 66.4 Å². The van der Waals surface area contributed by atoms with Gasteiger partial charge in [-0.1, -0.05) is 24.6 Å². The molecule has 0 spiro atoms. The van der Waals surface area contributed by atoms with Gasteiger partial charge < -0.3 is 10.4 Å². The largest absolute Gasteiger partial charge is 0.481 e. The Bertz CT molecular complexity index is 431. The van der Waals surface area contributed by atoms with E-state index in [4.69, 9.17) is 5.11 Å². The van der Waals surface area contributed by atoms with Gasteiger partial charge in [-0.2, -0.15) is 0 Å². The molecular formula is C14H19NO3S. The molecule has 0 aromatic heterocycles. The third-order valence-electron chi connectivity index (χ3n) is 2.71. The lowest BCUT2D eigenvalue weighted by atomic mass is 10.1. The standard InChI is InChI=1S/C14H19NO3S/c1-10-3-5-12(6-4-10)19-9-13(16)15-8-7-11(2)14(17)18/h3-6,11H,7-9H2,1-2H3,(H,15,16)(H,17,18). The fourth-order valence-corrected chi connectivity index (χ4v) is 2.11. The number of hydrogen-bond acceptors (Lipinski definition) is 3. The van der Waals surface area contributed by atoms with Gasteiger partial charge in [0, 0.05) is 11.4 Å². The lowest BCUT2D eigenvalue weighted by molar-refractivity contribution is -0.141. The maximum absolute atomic E-state index is 11.6. The van der Waals surface area contributed by atoms with Gasteiger partial charge in [0.05, 0.1) is 11.7 Å². The number of aliphatic carboxylic acids is 1. The maximum Gasteiger partial charge on any atom is 0.306 e. The Morgan fingerprint density at radius 2 is 1.95 bits per heavy atom. The third-order valence-corrected chi connectivity index (χ3v) is 3.72. The molecule has 1 atom stereocenters. The molecule has 19 heavy (non-hydrogen) atoms. The van der Waals surface area contributed by atoms with Crippen LogP contribution in [0.4, 0.5) is 0 Å². The van der Waals surface area contributed by atoms with Crippen LogP contribution in [0.15, 0.2) is 29.2 Å². The summed E-state index contributed by atoms with van der Waals surface area (Å²) in [6.45, 7) is 4.06. The van der Waals surface area contributed by atoms with Gasteiger partial charge in [0.25, 0.3) is 0 Å². The monoisotopic (exact) mass is 281 g/mol. The summed E-state index contributed by atoms with van der Waals surface area (Å²) in [7, 11) is 0. The lowest BCUT2D eigenvalue weighted by Crippen LogP contribution is -2.28. The average Bonchev–Trinajstić information content (AvgIpc) is 2.37. The number of nitrogens with one attached hydrogen (secondary N) is 1. The summed E-state index contributed by atoms with van der Waals surface area (Å²) < 4.78 is 0. The van der Waals surface area contributed by atoms with Crippen LogP contribution in [-0.2, 0) is 9.59 Å². The Hall–Kier alpha value is -1.49. The Morgan fingerprint density at radius 1 is 1.32 bits per heavy atom. The summed E-state index contributed by atoms with van der Waals surface area (Å²) in [5.74, 6) is -0.971. The molecule has 4 nitrogen and oxygen atoms in total. The SMILES string of the molecule is Cc1ccc(SCC(=O)NCCC(C)C(=O)O)cc1. The van der Waals surface area contributed by atoms with Crippen LogP contribution in [0.3, 0.4) is 0 Å². The van der Waals surface area contributed by atoms with Crippen molar-refractivity contribution in [2.24, 2.45) is 5.92 Å². The first-order valence-electron chi connectivity index (χ1n) is 6.18. The summed E-state index contributed by atoms with van der Waals surface area (Å²) in [4.78, 5) is 23.2. The van der Waals surface area contributed by atoms with Crippen molar-refractivity contribution >= 4 is 23.6 Å². The number of rotatable bonds is 7. The van der Waals surface area contributed by atoms with E-state index in [1.54, 1.807) is 6.92 Å². The number of carboxylic acids is 1. The molecular weight excluding hydrogens is 262 g/mol. The number of aryl methyl sites for hydroxylation is 1. The molecule has 1 unspecified atom stereocenters. The number of carbonyl (C=O) groups is 2. The van der Waals surface area contributed by atoms with E-state index in [0.29, 0.717) is 18.7 Å². The first kappa shape index (κ1) is 15.6. The normalized spacial score (nSPS) is 11.9. The van der Waals surface area contributed by atoms with E-state index in [2.05, 4.69) is 5.32 Å². The summed E-state index contributed by atoms with van der Waals surface area (Å²) in [5, 5.41) is 11.4. The number of thioether (sulfide) groups is 1. The van der Waals surface area contributed by atoms with Gasteiger partial charge in [0.1, 0.15) is 0 Å². The molecule has 0 fully saturated rings. The van der Waals surface area contributed by atoms with Crippen LogP contribution >= 0.6 is 11.8 Å². The number of hydrogen-bond donors (Lipinski definition) is 2. The number of amides is 1. The van der Waals surface area contributed by atoms with Crippen molar-refractivity contribution < 1.29 is 14.7 Å². The fourth-order valence-electron chi connectivity index (χ4n) is 1.39. The molecule has 0 saturated heterocycles. The van der Waals surface area contributed by atoms with Gasteiger partial charge in [-0.05, 0) is 25.5 Å². The second kappa shape index (κ2) is 7.84. The van der Waals surface area contributed by atoms with Crippen molar-refractivity contribution in [3.05, 3.63) is 29.8 Å². The molecule has 1 aromatic rings. The highest BCUT2D eigenvalue weighted by atomic mass is 32.2. The van der Waals surface area contributed by atoms with Crippen LogP contribution < -0.4 is 5.32 Å². The van der Waals surface area contributed by atoms with Gasteiger partial charge in [-0.15, -0.1) is 11.8 Å². The molecule has 0 aliphatic heterocycles. The van der Waals surface area contributed by atoms with Crippen molar-refractivity contribution in [3.63, 3.8) is 0 Å². The zero-order valence-electron chi connectivity index (χ0n) is 11.2. The Balaban J connectivity index is 2.21. The maximum atomic E-state index is 11.6. The molecule has 0 radical (unpaired) electrons. The summed E-state index contributed by atoms with van der Waals surface area (Å²) >= 11 is 1.47. The summed E-state index contributed by atoms with van der Waals surface area (Å²) in [5.41, 5.74) is 1.19. The van der Waals surface area contributed by atoms with E-state index < -0.39 is 11.9 Å². The minimum Gasteiger partial charge on any atom is -0.481 e. The molecule has 0 aliphatic carbocycles. The molecule has 0 saturated carbocycles. The molecule has 0 aliphatic rings. The summed E-state index contributed by atoms with van der Waals surface area (Å²) in [6.07, 6.45) is 0.455. The molecule has 104 valence electrons. The molecule has 2 N–H and O–H groups in total. The van der Waals surface area contributed by atoms with Crippen molar-refractivity contribution in [1.82, 2.24) is 5.32 Å². The number of benzene rings is 1. The van der Waals surface area contributed by atoms with Crippen molar-refractivity contribution in [1.29, 1.82) is 0 Å². The van der Waals surface area contributed by atoms with Crippen molar-refractivity contribution in [3.8, 4) is 0 Å². The number of carbonyl (C=O) groups excluding carboxylic acids is 1. The Morgan fingerprint density at radius 3 is 2.53 bits per heavy atom. The average molecular weight is 281 g/mol. The first-order chi connectivity index (χ1) is 8.99. The molecule has 1 rings (SSSR count). The molecule has 0 bridgehead atoms. The van der Waals surface area contributed by atoms with Crippen LogP contribution in [0.5, 0.6) is 0 Å². The van der Waals surface area contributed by atoms with E-state index in [0.717, 1.165) is 4.90 Å². The second-order valence-corrected chi connectivity index (χ2v) is 5.53. The van der Waals surface area contributed by atoms with Gasteiger partial charge >= 0.3 is 5.97 Å². The first-order valence-corrected chi connectivity index (χ1v) is 7.16. The predicted octanol–water partition coefficient (Wildman–Crippen LogP) is 2.31. The predicted molar refractivity (Wildman–Crippen MR) is 76.3 cm³/mol. The molecule has 1 amide bonds. The van der Waals surface area contributed by atoms with Crippen LogP contribution in [-0.4, -0.2) is 29.3 Å². The van der Waals surface area contributed by atoms with E-state index in [1.165, 1.54) is 17.3 Å². The van der Waals surface area contributed by atoms with E-state index in [9.17, 15) is 9.59 Å². The molecule has 5 heteroatoms. The van der Waals surface area contributed by atoms with Crippen LogP contribution in [0, 0.1) is 12.8 Å². The lowest BCUT2D eigenvalue weighted by Gasteiger charge is -2.07. The highest BCUT2D eigenvalue weighted by Crippen LogP contribution is 2.17. The van der Waals surface area contributed by atoms with Crippen LogP contribution in [0.1, 0.15) is 18.9 Å². The smallest absolute Gasteiger partial charge is 0.306 e. The zero-order valence-corrected chi connectivity index (χ0v) is 12.0. The number of carboxylic acid groups (broad SMARTS) is 1. The minimum atomic E-state index is -0.830. The Labute approximate surface area is 117 Å². The van der Waals surface area contributed by atoms with Gasteiger partial charge in [-0.3, -0.25) is 9.59 Å².